The Hall–Kier alpha value is -0.0800. The summed E-state index contributed by atoms with van der Waals surface area (Å²) in [5.41, 5.74) is 0.559. The molecule has 1 aliphatic heterocycles. The van der Waals surface area contributed by atoms with Gasteiger partial charge >= 0.3 is 0 Å². The third kappa shape index (κ3) is 0.867. The first-order chi connectivity index (χ1) is 4.87. The fourth-order valence-electron chi connectivity index (χ4n) is 2.12. The Morgan fingerprint density at radius 3 is 2.70 bits per heavy atom. The zero-order valence-electron chi connectivity index (χ0n) is 6.61. The van der Waals surface area contributed by atoms with Crippen LogP contribution in [0.2, 0.25) is 0 Å². The van der Waals surface area contributed by atoms with Crippen LogP contribution in [0, 0.1) is 5.92 Å². The lowest BCUT2D eigenvalue weighted by molar-refractivity contribution is 0.378. The minimum Gasteiger partial charge on any atom is -0.316 e. The maximum atomic E-state index is 3.45. The van der Waals surface area contributed by atoms with Crippen molar-refractivity contribution in [1.82, 2.24) is 10.6 Å². The average molecular weight is 140 g/mol. The molecule has 1 atom stereocenters. The summed E-state index contributed by atoms with van der Waals surface area (Å²) in [6.45, 7) is 2.47. The van der Waals surface area contributed by atoms with Crippen LogP contribution in [0.1, 0.15) is 19.3 Å². The van der Waals surface area contributed by atoms with Gasteiger partial charge in [0.15, 0.2) is 0 Å². The Morgan fingerprint density at radius 1 is 1.50 bits per heavy atom. The maximum absolute atomic E-state index is 3.45. The van der Waals surface area contributed by atoms with E-state index < -0.39 is 0 Å². The third-order valence-electron chi connectivity index (χ3n) is 3.13. The summed E-state index contributed by atoms with van der Waals surface area (Å²) in [7, 11) is 2.10. The van der Waals surface area contributed by atoms with Gasteiger partial charge in [0.1, 0.15) is 0 Å². The highest BCUT2D eigenvalue weighted by atomic mass is 15.0. The second-order valence-electron chi connectivity index (χ2n) is 3.60. The standard InChI is InChI=1S/C8H16N2/c1-9-8(3-4-8)7-2-5-10-6-7/h7,9-10H,2-6H2,1H3. The van der Waals surface area contributed by atoms with Crippen LogP contribution >= 0.6 is 0 Å². The first-order valence-corrected chi connectivity index (χ1v) is 4.27. The van der Waals surface area contributed by atoms with Crippen LogP contribution in [0.25, 0.3) is 0 Å². The summed E-state index contributed by atoms with van der Waals surface area (Å²) in [6.07, 6.45) is 4.17. The molecule has 2 nitrogen and oxygen atoms in total. The molecule has 0 bridgehead atoms. The minimum atomic E-state index is 0.559. The number of nitrogens with one attached hydrogen (secondary N) is 2. The number of hydrogen-bond acceptors (Lipinski definition) is 2. The molecule has 0 aromatic carbocycles. The monoisotopic (exact) mass is 140 g/mol. The highest BCUT2D eigenvalue weighted by Crippen LogP contribution is 2.44. The molecule has 2 fully saturated rings. The van der Waals surface area contributed by atoms with Crippen molar-refractivity contribution in [2.45, 2.75) is 24.8 Å². The Balaban J connectivity index is 1.96. The van der Waals surface area contributed by atoms with Gasteiger partial charge in [0.25, 0.3) is 0 Å². The van der Waals surface area contributed by atoms with E-state index in [2.05, 4.69) is 17.7 Å². The maximum Gasteiger partial charge on any atom is 0.0220 e. The molecule has 1 unspecified atom stereocenters. The first-order valence-electron chi connectivity index (χ1n) is 4.27. The molecule has 0 aromatic rings. The van der Waals surface area contributed by atoms with E-state index in [1.54, 1.807) is 0 Å². The SMILES string of the molecule is CNC1(C2CCNC2)CC1. The van der Waals surface area contributed by atoms with Crippen molar-refractivity contribution < 1.29 is 0 Å². The Kier molecular flexibility index (Phi) is 1.46. The topological polar surface area (TPSA) is 24.1 Å². The first kappa shape index (κ1) is 6.62. The predicted octanol–water partition coefficient (Wildman–Crippen LogP) is 0.348. The van der Waals surface area contributed by atoms with Crippen molar-refractivity contribution in [2.75, 3.05) is 20.1 Å². The van der Waals surface area contributed by atoms with Gasteiger partial charge in [0, 0.05) is 5.54 Å². The molecule has 2 N–H and O–H groups in total. The van der Waals surface area contributed by atoms with Gasteiger partial charge in [-0.05, 0) is 45.3 Å². The third-order valence-corrected chi connectivity index (χ3v) is 3.13. The molecule has 1 heterocycles. The van der Waals surface area contributed by atoms with Crippen LogP contribution in [0.5, 0.6) is 0 Å². The molecule has 2 rings (SSSR count). The lowest BCUT2D eigenvalue weighted by Gasteiger charge is -2.20. The molecule has 0 amide bonds. The second-order valence-corrected chi connectivity index (χ2v) is 3.60. The Labute approximate surface area is 62.4 Å². The summed E-state index contributed by atoms with van der Waals surface area (Å²) in [4.78, 5) is 0. The minimum absolute atomic E-state index is 0.559. The van der Waals surface area contributed by atoms with Gasteiger partial charge in [-0.2, -0.15) is 0 Å². The summed E-state index contributed by atoms with van der Waals surface area (Å²) in [5, 5.41) is 6.87. The van der Waals surface area contributed by atoms with Crippen LogP contribution < -0.4 is 10.6 Å². The Morgan fingerprint density at radius 2 is 2.30 bits per heavy atom. The second kappa shape index (κ2) is 2.21. The molecular weight excluding hydrogens is 124 g/mol. The molecule has 10 heavy (non-hydrogen) atoms. The zero-order valence-corrected chi connectivity index (χ0v) is 6.61. The van der Waals surface area contributed by atoms with E-state index in [1.807, 2.05) is 0 Å². The molecule has 2 aliphatic rings. The molecular formula is C8H16N2. The molecule has 1 aliphatic carbocycles. The van der Waals surface area contributed by atoms with Crippen molar-refractivity contribution in [3.05, 3.63) is 0 Å². The summed E-state index contributed by atoms with van der Waals surface area (Å²) in [5.74, 6) is 0.914. The van der Waals surface area contributed by atoms with E-state index >= 15 is 0 Å². The van der Waals surface area contributed by atoms with Crippen LogP contribution in [-0.2, 0) is 0 Å². The summed E-state index contributed by atoms with van der Waals surface area (Å²) < 4.78 is 0. The van der Waals surface area contributed by atoms with Crippen molar-refractivity contribution in [3.63, 3.8) is 0 Å². The summed E-state index contributed by atoms with van der Waals surface area (Å²) in [6, 6.07) is 0. The smallest absolute Gasteiger partial charge is 0.0220 e. The average Bonchev–Trinajstić information content (AvgIpc) is 2.58. The normalized spacial score (nSPS) is 36.3. The van der Waals surface area contributed by atoms with E-state index in [4.69, 9.17) is 0 Å². The molecule has 0 aromatic heterocycles. The van der Waals surface area contributed by atoms with E-state index in [9.17, 15) is 0 Å². The highest BCUT2D eigenvalue weighted by Gasteiger charge is 2.48. The molecule has 0 spiro atoms. The van der Waals surface area contributed by atoms with Crippen molar-refractivity contribution in [1.29, 1.82) is 0 Å². The Bertz CT molecular complexity index is 123. The van der Waals surface area contributed by atoms with E-state index in [0.29, 0.717) is 5.54 Å². The van der Waals surface area contributed by atoms with Gasteiger partial charge in [0.2, 0.25) is 0 Å². The molecule has 1 saturated heterocycles. The largest absolute Gasteiger partial charge is 0.316 e. The van der Waals surface area contributed by atoms with Gasteiger partial charge in [-0.25, -0.2) is 0 Å². The van der Waals surface area contributed by atoms with E-state index in [-0.39, 0.29) is 0 Å². The van der Waals surface area contributed by atoms with Gasteiger partial charge in [-0.1, -0.05) is 0 Å². The van der Waals surface area contributed by atoms with Crippen LogP contribution in [0.15, 0.2) is 0 Å². The van der Waals surface area contributed by atoms with Gasteiger partial charge in [-0.3, -0.25) is 0 Å². The van der Waals surface area contributed by atoms with Crippen LogP contribution in [-0.4, -0.2) is 25.7 Å². The number of hydrogen-bond donors (Lipinski definition) is 2. The van der Waals surface area contributed by atoms with E-state index in [1.165, 1.54) is 32.4 Å². The quantitative estimate of drug-likeness (QED) is 0.578. The van der Waals surface area contributed by atoms with Crippen molar-refractivity contribution in [3.8, 4) is 0 Å². The lowest BCUT2D eigenvalue weighted by Crippen LogP contribution is -2.37. The summed E-state index contributed by atoms with van der Waals surface area (Å²) >= 11 is 0. The predicted molar refractivity (Wildman–Crippen MR) is 42.0 cm³/mol. The van der Waals surface area contributed by atoms with Gasteiger partial charge in [-0.15, -0.1) is 0 Å². The molecule has 58 valence electrons. The number of rotatable bonds is 2. The van der Waals surface area contributed by atoms with Gasteiger partial charge < -0.3 is 10.6 Å². The van der Waals surface area contributed by atoms with E-state index in [0.717, 1.165) is 5.92 Å². The fraction of sp³-hybridized carbons (Fsp3) is 1.00. The van der Waals surface area contributed by atoms with Crippen molar-refractivity contribution in [2.24, 2.45) is 5.92 Å². The molecule has 0 radical (unpaired) electrons. The fourth-order valence-corrected chi connectivity index (χ4v) is 2.12. The lowest BCUT2D eigenvalue weighted by atomic mass is 9.97. The zero-order chi connectivity index (χ0) is 7.03. The van der Waals surface area contributed by atoms with Crippen LogP contribution in [0.3, 0.4) is 0 Å². The van der Waals surface area contributed by atoms with Crippen molar-refractivity contribution >= 4 is 0 Å². The highest BCUT2D eigenvalue weighted by molar-refractivity contribution is 5.07. The van der Waals surface area contributed by atoms with Crippen LogP contribution in [0.4, 0.5) is 0 Å². The van der Waals surface area contributed by atoms with Gasteiger partial charge in [0.05, 0.1) is 0 Å². The molecule has 1 saturated carbocycles. The molecule has 2 heteroatoms.